The van der Waals surface area contributed by atoms with Crippen LogP contribution in [0.4, 0.5) is 0 Å². The number of fused-ring (bicyclic) bond motifs is 2. The van der Waals surface area contributed by atoms with Gasteiger partial charge in [0.1, 0.15) is 0 Å². The van der Waals surface area contributed by atoms with Gasteiger partial charge in [0.25, 0.3) is 0 Å². The third-order valence-corrected chi connectivity index (χ3v) is 7.59. The Hall–Kier alpha value is -0.130. The molecule has 3 unspecified atom stereocenters. The van der Waals surface area contributed by atoms with Gasteiger partial charge in [-0.15, -0.1) is 0 Å². The highest BCUT2D eigenvalue weighted by Crippen LogP contribution is 2.48. The van der Waals surface area contributed by atoms with Gasteiger partial charge >= 0.3 is 0 Å². The van der Waals surface area contributed by atoms with Gasteiger partial charge in [0.05, 0.1) is 5.75 Å². The number of sulfonamides is 1. The molecule has 0 radical (unpaired) electrons. The molecule has 0 aromatic carbocycles. The maximum absolute atomic E-state index is 12.3. The minimum atomic E-state index is -3.04. The molecule has 0 saturated heterocycles. The zero-order valence-corrected chi connectivity index (χ0v) is 14.1. The van der Waals surface area contributed by atoms with E-state index in [4.69, 9.17) is 0 Å². The lowest BCUT2D eigenvalue weighted by Gasteiger charge is -2.26. The molecule has 21 heavy (non-hydrogen) atoms. The number of rotatable bonds is 9. The van der Waals surface area contributed by atoms with Crippen LogP contribution in [0.5, 0.6) is 0 Å². The number of hydrogen-bond acceptors (Lipinski definition) is 3. The molecule has 3 atom stereocenters. The third-order valence-electron chi connectivity index (χ3n) is 5.69. The Morgan fingerprint density at radius 3 is 2.52 bits per heavy atom. The first-order valence-corrected chi connectivity index (χ1v) is 10.3. The van der Waals surface area contributed by atoms with E-state index >= 15 is 0 Å². The van der Waals surface area contributed by atoms with Gasteiger partial charge in [-0.1, -0.05) is 6.42 Å². The molecular weight excluding hydrogens is 284 g/mol. The summed E-state index contributed by atoms with van der Waals surface area (Å²) in [6.07, 6.45) is 9.67. The van der Waals surface area contributed by atoms with Crippen LogP contribution in [0.1, 0.15) is 51.4 Å². The lowest BCUT2D eigenvalue weighted by atomic mass is 9.89. The van der Waals surface area contributed by atoms with E-state index in [-0.39, 0.29) is 0 Å². The minimum absolute atomic E-state index is 0.316. The normalized spacial score (nSPS) is 32.2. The summed E-state index contributed by atoms with van der Waals surface area (Å²) < 4.78 is 26.3. The fraction of sp³-hybridized carbons (Fsp3) is 1.00. The van der Waals surface area contributed by atoms with E-state index in [0.717, 1.165) is 43.8 Å². The van der Waals surface area contributed by atoms with Gasteiger partial charge < -0.3 is 5.32 Å². The van der Waals surface area contributed by atoms with Crippen molar-refractivity contribution in [3.8, 4) is 0 Å². The summed E-state index contributed by atoms with van der Waals surface area (Å²) in [6.45, 7) is 1.72. The number of nitrogens with one attached hydrogen (secondary N) is 1. The molecule has 3 fully saturated rings. The molecule has 5 heteroatoms. The van der Waals surface area contributed by atoms with E-state index in [1.54, 1.807) is 11.4 Å². The summed E-state index contributed by atoms with van der Waals surface area (Å²) in [5, 5.41) is 3.44. The Morgan fingerprint density at radius 1 is 1.10 bits per heavy atom. The Kier molecular flexibility index (Phi) is 4.91. The van der Waals surface area contributed by atoms with Crippen LogP contribution >= 0.6 is 0 Å². The third kappa shape index (κ3) is 4.20. The van der Waals surface area contributed by atoms with Crippen molar-refractivity contribution in [3.05, 3.63) is 0 Å². The maximum atomic E-state index is 12.3. The molecule has 3 aliphatic carbocycles. The van der Waals surface area contributed by atoms with Crippen LogP contribution in [0.3, 0.4) is 0 Å². The van der Waals surface area contributed by atoms with Gasteiger partial charge in [-0.3, -0.25) is 0 Å². The Morgan fingerprint density at radius 2 is 1.90 bits per heavy atom. The van der Waals surface area contributed by atoms with Gasteiger partial charge in [0.2, 0.25) is 10.0 Å². The Bertz CT molecular complexity index is 447. The predicted molar refractivity (Wildman–Crippen MR) is 85.6 cm³/mol. The Labute approximate surface area is 129 Å². The van der Waals surface area contributed by atoms with Gasteiger partial charge in [0.15, 0.2) is 0 Å². The first-order valence-electron chi connectivity index (χ1n) is 8.72. The highest BCUT2D eigenvalue weighted by Gasteiger charge is 2.40. The monoisotopic (exact) mass is 314 g/mol. The Balaban J connectivity index is 1.36. The van der Waals surface area contributed by atoms with Crippen LogP contribution in [-0.4, -0.2) is 44.7 Å². The average molecular weight is 314 g/mol. The fourth-order valence-corrected chi connectivity index (χ4v) is 5.50. The summed E-state index contributed by atoms with van der Waals surface area (Å²) in [7, 11) is -1.26. The molecule has 3 aliphatic rings. The van der Waals surface area contributed by atoms with E-state index in [1.165, 1.54) is 38.5 Å². The highest BCUT2D eigenvalue weighted by molar-refractivity contribution is 7.89. The maximum Gasteiger partial charge on any atom is 0.213 e. The van der Waals surface area contributed by atoms with Gasteiger partial charge in [-0.2, -0.15) is 0 Å². The number of unbranched alkanes of at least 4 members (excludes halogenated alkanes) is 1. The van der Waals surface area contributed by atoms with Crippen molar-refractivity contribution in [3.63, 3.8) is 0 Å². The van der Waals surface area contributed by atoms with Crippen molar-refractivity contribution < 1.29 is 8.42 Å². The molecule has 0 heterocycles. The summed E-state index contributed by atoms with van der Waals surface area (Å²) in [5.41, 5.74) is 0. The van der Waals surface area contributed by atoms with Gasteiger partial charge in [0, 0.05) is 19.6 Å². The molecule has 122 valence electrons. The second-order valence-electron chi connectivity index (χ2n) is 7.47. The fourth-order valence-electron chi connectivity index (χ4n) is 4.20. The summed E-state index contributed by atoms with van der Waals surface area (Å²) >= 11 is 0. The van der Waals surface area contributed by atoms with Crippen LogP contribution in [0.25, 0.3) is 0 Å². The smallest absolute Gasteiger partial charge is 0.213 e. The molecule has 0 aromatic heterocycles. The SMILES string of the molecule is CN(CC1CC2CCC1C2)S(=O)(=O)CCCCNC1CC1. The molecule has 0 amide bonds. The number of nitrogens with zero attached hydrogens (tertiary/aromatic N) is 1. The summed E-state index contributed by atoms with van der Waals surface area (Å²) in [4.78, 5) is 0. The lowest BCUT2D eigenvalue weighted by molar-refractivity contribution is 0.280. The highest BCUT2D eigenvalue weighted by atomic mass is 32.2. The van der Waals surface area contributed by atoms with Crippen molar-refractivity contribution in [2.45, 2.75) is 57.4 Å². The van der Waals surface area contributed by atoms with Crippen molar-refractivity contribution >= 4 is 10.0 Å². The molecule has 0 aromatic rings. The van der Waals surface area contributed by atoms with E-state index in [1.807, 2.05) is 0 Å². The predicted octanol–water partition coefficient (Wildman–Crippen LogP) is 2.22. The molecule has 0 aliphatic heterocycles. The standard InChI is InChI=1S/C16H30N2O2S/c1-18(12-15-11-13-4-5-14(15)10-13)21(19,20)9-3-2-8-17-16-6-7-16/h13-17H,2-12H2,1H3. The second kappa shape index (κ2) is 6.55. The van der Waals surface area contributed by atoms with Crippen molar-refractivity contribution in [1.82, 2.24) is 9.62 Å². The molecule has 3 saturated carbocycles. The molecule has 0 spiro atoms. The average Bonchev–Trinajstić information content (AvgIpc) is 3.03. The van der Waals surface area contributed by atoms with E-state index in [9.17, 15) is 8.42 Å². The van der Waals surface area contributed by atoms with Gasteiger partial charge in [-0.05, 0) is 69.2 Å². The molecule has 3 rings (SSSR count). The zero-order chi connectivity index (χ0) is 14.9. The quantitative estimate of drug-likeness (QED) is 0.664. The van der Waals surface area contributed by atoms with Crippen LogP contribution in [0, 0.1) is 17.8 Å². The zero-order valence-electron chi connectivity index (χ0n) is 13.3. The summed E-state index contributed by atoms with van der Waals surface area (Å²) in [6, 6.07) is 0.724. The first-order chi connectivity index (χ1) is 10.0. The van der Waals surface area contributed by atoms with Crippen LogP contribution in [0.2, 0.25) is 0 Å². The van der Waals surface area contributed by atoms with Crippen LogP contribution in [-0.2, 0) is 10.0 Å². The molecule has 4 nitrogen and oxygen atoms in total. The van der Waals surface area contributed by atoms with Crippen molar-refractivity contribution in [2.24, 2.45) is 17.8 Å². The van der Waals surface area contributed by atoms with Crippen LogP contribution < -0.4 is 5.32 Å². The lowest BCUT2D eigenvalue weighted by Crippen LogP contribution is -2.35. The molecule has 1 N–H and O–H groups in total. The summed E-state index contributed by atoms with van der Waals surface area (Å²) in [5.74, 6) is 2.64. The second-order valence-corrected chi connectivity index (χ2v) is 9.66. The molecular formula is C16H30N2O2S. The van der Waals surface area contributed by atoms with E-state index in [0.29, 0.717) is 11.7 Å². The van der Waals surface area contributed by atoms with E-state index in [2.05, 4.69) is 5.32 Å². The van der Waals surface area contributed by atoms with Crippen molar-refractivity contribution in [1.29, 1.82) is 0 Å². The largest absolute Gasteiger partial charge is 0.314 e. The van der Waals surface area contributed by atoms with E-state index < -0.39 is 10.0 Å². The van der Waals surface area contributed by atoms with Crippen LogP contribution in [0.15, 0.2) is 0 Å². The topological polar surface area (TPSA) is 49.4 Å². The molecule has 2 bridgehead atoms. The van der Waals surface area contributed by atoms with Gasteiger partial charge in [-0.25, -0.2) is 12.7 Å². The first kappa shape index (κ1) is 15.8. The minimum Gasteiger partial charge on any atom is -0.314 e. The van der Waals surface area contributed by atoms with Crippen molar-refractivity contribution in [2.75, 3.05) is 25.9 Å². The number of hydrogen-bond donors (Lipinski definition) is 1.